The maximum absolute atomic E-state index is 13.1. The van der Waals surface area contributed by atoms with Gasteiger partial charge in [0, 0.05) is 29.4 Å². The largest absolute Gasteiger partial charge is 0.322 e. The van der Waals surface area contributed by atoms with E-state index in [1.54, 1.807) is 18.2 Å². The first kappa shape index (κ1) is 21.1. The number of hydrogen-bond donors (Lipinski definition) is 1. The van der Waals surface area contributed by atoms with E-state index in [0.29, 0.717) is 23.8 Å². The Kier molecular flexibility index (Phi) is 6.65. The zero-order chi connectivity index (χ0) is 20.3. The Balaban J connectivity index is 1.90. The van der Waals surface area contributed by atoms with Gasteiger partial charge in [0.1, 0.15) is 4.90 Å². The topological polar surface area (TPSA) is 66.5 Å². The predicted molar refractivity (Wildman–Crippen MR) is 113 cm³/mol. The van der Waals surface area contributed by atoms with E-state index in [4.69, 9.17) is 23.2 Å². The molecule has 3 rings (SSSR count). The van der Waals surface area contributed by atoms with Crippen LogP contribution in [-0.2, 0) is 10.0 Å². The molecule has 1 saturated heterocycles. The maximum Gasteiger partial charge on any atom is 0.255 e. The van der Waals surface area contributed by atoms with Crippen LogP contribution < -0.4 is 5.32 Å². The van der Waals surface area contributed by atoms with Gasteiger partial charge in [0.05, 0.1) is 5.02 Å². The molecule has 150 valence electrons. The van der Waals surface area contributed by atoms with Crippen LogP contribution in [0.5, 0.6) is 0 Å². The first-order valence-electron chi connectivity index (χ1n) is 9.16. The second-order valence-electron chi connectivity index (χ2n) is 6.88. The zero-order valence-electron chi connectivity index (χ0n) is 15.5. The monoisotopic (exact) mass is 440 g/mol. The molecule has 0 spiro atoms. The third kappa shape index (κ3) is 4.69. The first-order valence-corrected chi connectivity index (χ1v) is 11.4. The van der Waals surface area contributed by atoms with E-state index in [1.807, 2.05) is 6.92 Å². The van der Waals surface area contributed by atoms with Crippen LogP contribution in [0, 0.1) is 6.92 Å². The molecule has 2 aromatic rings. The lowest BCUT2D eigenvalue weighted by molar-refractivity contribution is 0.102. The molecule has 0 atom stereocenters. The molecule has 2 aromatic carbocycles. The van der Waals surface area contributed by atoms with E-state index in [-0.39, 0.29) is 15.5 Å². The van der Waals surface area contributed by atoms with Crippen molar-refractivity contribution in [1.29, 1.82) is 0 Å². The third-order valence-electron chi connectivity index (χ3n) is 4.82. The Morgan fingerprint density at radius 3 is 2.36 bits per heavy atom. The highest BCUT2D eigenvalue weighted by Crippen LogP contribution is 2.28. The molecule has 0 bridgehead atoms. The molecule has 1 heterocycles. The number of carbonyl (C=O) groups is 1. The minimum Gasteiger partial charge on any atom is -0.322 e. The summed E-state index contributed by atoms with van der Waals surface area (Å²) in [5.41, 5.74) is 1.64. The minimum absolute atomic E-state index is 0.0356. The Bertz CT molecular complexity index is 985. The summed E-state index contributed by atoms with van der Waals surface area (Å²) >= 11 is 12.2. The summed E-state index contributed by atoms with van der Waals surface area (Å²) in [5, 5.41) is 3.39. The van der Waals surface area contributed by atoms with Gasteiger partial charge in [0.15, 0.2) is 0 Å². The van der Waals surface area contributed by atoms with Crippen molar-refractivity contribution in [2.75, 3.05) is 18.4 Å². The van der Waals surface area contributed by atoms with Gasteiger partial charge < -0.3 is 5.32 Å². The summed E-state index contributed by atoms with van der Waals surface area (Å²) < 4.78 is 27.6. The van der Waals surface area contributed by atoms with Crippen molar-refractivity contribution in [3.8, 4) is 0 Å². The molecule has 0 unspecified atom stereocenters. The first-order chi connectivity index (χ1) is 13.3. The van der Waals surface area contributed by atoms with Crippen molar-refractivity contribution in [2.24, 2.45) is 0 Å². The van der Waals surface area contributed by atoms with Crippen molar-refractivity contribution in [3.63, 3.8) is 0 Å². The fraction of sp³-hybridized carbons (Fsp3) is 0.350. The molecule has 28 heavy (non-hydrogen) atoms. The van der Waals surface area contributed by atoms with Gasteiger partial charge >= 0.3 is 0 Å². The van der Waals surface area contributed by atoms with Gasteiger partial charge in [-0.05, 0) is 55.7 Å². The van der Waals surface area contributed by atoms with Gasteiger partial charge in [0.25, 0.3) is 5.91 Å². The molecule has 0 radical (unpaired) electrons. The molecule has 0 saturated carbocycles. The number of halogens is 2. The highest BCUT2D eigenvalue weighted by molar-refractivity contribution is 7.89. The van der Waals surface area contributed by atoms with Gasteiger partial charge in [-0.3, -0.25) is 4.79 Å². The summed E-state index contributed by atoms with van der Waals surface area (Å²) in [6.07, 6.45) is 3.68. The molecule has 1 aliphatic heterocycles. The van der Waals surface area contributed by atoms with E-state index >= 15 is 0 Å². The van der Waals surface area contributed by atoms with E-state index < -0.39 is 15.9 Å². The van der Waals surface area contributed by atoms with Crippen molar-refractivity contribution in [1.82, 2.24) is 4.31 Å². The van der Waals surface area contributed by atoms with Gasteiger partial charge in [-0.2, -0.15) is 4.31 Å². The van der Waals surface area contributed by atoms with Crippen LogP contribution >= 0.6 is 23.2 Å². The van der Waals surface area contributed by atoms with Gasteiger partial charge in [-0.25, -0.2) is 8.42 Å². The Labute approximate surface area is 175 Å². The van der Waals surface area contributed by atoms with Gasteiger partial charge in [0.2, 0.25) is 10.0 Å². The summed E-state index contributed by atoms with van der Waals surface area (Å²) in [4.78, 5) is 12.7. The number of hydrogen-bond acceptors (Lipinski definition) is 3. The lowest BCUT2D eigenvalue weighted by atomic mass is 10.1. The number of carbonyl (C=O) groups excluding carboxylic acids is 1. The van der Waals surface area contributed by atoms with Crippen LogP contribution in [-0.4, -0.2) is 31.7 Å². The minimum atomic E-state index is -3.76. The molecule has 8 heteroatoms. The number of benzene rings is 2. The summed E-state index contributed by atoms with van der Waals surface area (Å²) in [7, 11) is -3.76. The lowest BCUT2D eigenvalue weighted by Crippen LogP contribution is -2.32. The summed E-state index contributed by atoms with van der Waals surface area (Å²) in [6, 6.07) is 9.50. The van der Waals surface area contributed by atoms with Crippen molar-refractivity contribution in [3.05, 3.63) is 57.6 Å². The fourth-order valence-corrected chi connectivity index (χ4v) is 5.38. The SMILES string of the molecule is Cc1ccc(Cl)cc1NC(=O)c1ccc(Cl)c(S(=O)(=O)N2CCCCCC2)c1. The van der Waals surface area contributed by atoms with Crippen LogP contribution in [0.1, 0.15) is 41.6 Å². The van der Waals surface area contributed by atoms with E-state index in [2.05, 4.69) is 5.32 Å². The zero-order valence-corrected chi connectivity index (χ0v) is 17.9. The van der Waals surface area contributed by atoms with Gasteiger partial charge in [-0.1, -0.05) is 42.1 Å². The Morgan fingerprint density at radius 1 is 1.00 bits per heavy atom. The second-order valence-corrected chi connectivity index (χ2v) is 9.63. The van der Waals surface area contributed by atoms with Crippen molar-refractivity contribution in [2.45, 2.75) is 37.5 Å². The van der Waals surface area contributed by atoms with E-state index in [0.717, 1.165) is 31.2 Å². The average molecular weight is 441 g/mol. The van der Waals surface area contributed by atoms with Crippen LogP contribution in [0.4, 0.5) is 5.69 Å². The quantitative estimate of drug-likeness (QED) is 0.716. The number of rotatable bonds is 4. The fourth-order valence-electron chi connectivity index (χ4n) is 3.19. The Hall–Kier alpha value is -1.60. The summed E-state index contributed by atoms with van der Waals surface area (Å²) in [6.45, 7) is 2.79. The standard InChI is InChI=1S/C20H22Cl2N2O3S/c1-14-6-8-16(21)13-18(14)23-20(25)15-7-9-17(22)19(12-15)28(26,27)24-10-4-2-3-5-11-24/h6-9,12-13H,2-5,10-11H2,1H3,(H,23,25). The number of nitrogens with one attached hydrogen (secondary N) is 1. The number of anilines is 1. The van der Waals surface area contributed by atoms with Crippen LogP contribution in [0.2, 0.25) is 10.0 Å². The smallest absolute Gasteiger partial charge is 0.255 e. The van der Waals surface area contributed by atoms with Crippen LogP contribution in [0.15, 0.2) is 41.3 Å². The number of sulfonamides is 1. The average Bonchev–Trinajstić information content (AvgIpc) is 2.95. The molecule has 1 N–H and O–H groups in total. The number of aryl methyl sites for hydroxylation is 1. The van der Waals surface area contributed by atoms with E-state index in [1.165, 1.54) is 22.5 Å². The lowest BCUT2D eigenvalue weighted by Gasteiger charge is -2.21. The van der Waals surface area contributed by atoms with Crippen molar-refractivity contribution >= 4 is 44.8 Å². The van der Waals surface area contributed by atoms with Crippen LogP contribution in [0.25, 0.3) is 0 Å². The molecular weight excluding hydrogens is 419 g/mol. The molecule has 1 aliphatic rings. The summed E-state index contributed by atoms with van der Waals surface area (Å²) in [5.74, 6) is -0.422. The predicted octanol–water partition coefficient (Wildman–Crippen LogP) is 5.12. The molecule has 5 nitrogen and oxygen atoms in total. The number of amides is 1. The molecule has 1 fully saturated rings. The third-order valence-corrected chi connectivity index (χ3v) is 7.44. The van der Waals surface area contributed by atoms with Crippen LogP contribution in [0.3, 0.4) is 0 Å². The number of nitrogens with zero attached hydrogens (tertiary/aromatic N) is 1. The molecular formula is C20H22Cl2N2O3S. The molecule has 1 amide bonds. The molecule has 0 aromatic heterocycles. The second kappa shape index (κ2) is 8.82. The highest BCUT2D eigenvalue weighted by atomic mass is 35.5. The van der Waals surface area contributed by atoms with Crippen molar-refractivity contribution < 1.29 is 13.2 Å². The highest BCUT2D eigenvalue weighted by Gasteiger charge is 2.28. The maximum atomic E-state index is 13.1. The molecule has 0 aliphatic carbocycles. The van der Waals surface area contributed by atoms with E-state index in [9.17, 15) is 13.2 Å². The Morgan fingerprint density at radius 2 is 1.68 bits per heavy atom. The normalized spacial score (nSPS) is 15.8. The van der Waals surface area contributed by atoms with Gasteiger partial charge in [-0.15, -0.1) is 0 Å².